The molecule has 2 aliphatic heterocycles. The van der Waals surface area contributed by atoms with Gasteiger partial charge in [0.25, 0.3) is 0 Å². The van der Waals surface area contributed by atoms with E-state index in [2.05, 4.69) is 27.9 Å². The van der Waals surface area contributed by atoms with Crippen LogP contribution in [0.4, 0.5) is 4.79 Å². The summed E-state index contributed by atoms with van der Waals surface area (Å²) in [5, 5.41) is 10.0. The molecule has 3 aromatic rings. The van der Waals surface area contributed by atoms with Crippen molar-refractivity contribution in [2.45, 2.75) is 68.9 Å². The lowest BCUT2D eigenvalue weighted by Crippen LogP contribution is -2.57. The molecule has 10 nitrogen and oxygen atoms in total. The molecule has 11 heteroatoms. The molecule has 1 aromatic heterocycles. The minimum Gasteiger partial charge on any atom is -0.380 e. The van der Waals surface area contributed by atoms with Crippen LogP contribution < -0.4 is 16.0 Å². The monoisotopic (exact) mass is 632 g/mol. The van der Waals surface area contributed by atoms with Crippen molar-refractivity contribution in [3.63, 3.8) is 0 Å². The third-order valence-electron chi connectivity index (χ3n) is 11.0. The van der Waals surface area contributed by atoms with Crippen molar-refractivity contribution in [2.75, 3.05) is 33.9 Å². The summed E-state index contributed by atoms with van der Waals surface area (Å²) in [6.45, 7) is 3.54. The van der Waals surface area contributed by atoms with Crippen LogP contribution >= 0.6 is 11.6 Å². The Morgan fingerprint density at radius 3 is 2.53 bits per heavy atom. The van der Waals surface area contributed by atoms with E-state index < -0.39 is 17.5 Å². The van der Waals surface area contributed by atoms with Crippen molar-refractivity contribution < 1.29 is 19.1 Å². The van der Waals surface area contributed by atoms with Gasteiger partial charge in [-0.15, -0.1) is 0 Å². The lowest BCUT2D eigenvalue weighted by Gasteiger charge is -2.42. The quantitative estimate of drug-likeness (QED) is 0.290. The molecule has 3 heterocycles. The van der Waals surface area contributed by atoms with E-state index in [4.69, 9.17) is 21.3 Å². The predicted molar refractivity (Wildman–Crippen MR) is 171 cm³/mol. The Morgan fingerprint density at radius 2 is 1.89 bits per heavy atom. The topological polar surface area (TPSA) is 128 Å². The first-order valence-electron chi connectivity index (χ1n) is 15.9. The maximum Gasteiger partial charge on any atom is 0.317 e. The van der Waals surface area contributed by atoms with E-state index in [0.717, 1.165) is 54.3 Å². The molecule has 2 saturated carbocycles. The molecule has 2 aliphatic carbocycles. The molecule has 238 valence electrons. The van der Waals surface area contributed by atoms with Gasteiger partial charge in [0.2, 0.25) is 11.8 Å². The van der Waals surface area contributed by atoms with E-state index >= 15 is 0 Å². The summed E-state index contributed by atoms with van der Waals surface area (Å²) in [5.74, 6) is 0.232. The van der Waals surface area contributed by atoms with Crippen LogP contribution in [0.1, 0.15) is 74.4 Å². The minimum atomic E-state index is -0.923. The Kier molecular flexibility index (Phi) is 7.35. The molecule has 4 N–H and O–H groups in total. The van der Waals surface area contributed by atoms with Gasteiger partial charge in [0, 0.05) is 43.6 Å². The van der Waals surface area contributed by atoms with Crippen LogP contribution in [-0.2, 0) is 19.7 Å². The molecule has 4 aliphatic rings. The predicted octanol–water partition coefficient (Wildman–Crippen LogP) is 4.56. The zero-order valence-corrected chi connectivity index (χ0v) is 26.8. The number of fused-ring (bicyclic) bond motifs is 1. The van der Waals surface area contributed by atoms with Gasteiger partial charge in [-0.3, -0.25) is 9.59 Å². The fourth-order valence-corrected chi connectivity index (χ4v) is 7.92. The summed E-state index contributed by atoms with van der Waals surface area (Å²) in [5.41, 5.74) is 2.11. The van der Waals surface area contributed by atoms with Crippen molar-refractivity contribution in [1.29, 1.82) is 0 Å². The van der Waals surface area contributed by atoms with Gasteiger partial charge in [0.05, 0.1) is 29.1 Å². The normalized spacial score (nSPS) is 25.8. The average molecular weight is 633 g/mol. The highest BCUT2D eigenvalue weighted by molar-refractivity contribution is 6.31. The highest BCUT2D eigenvalue weighted by Crippen LogP contribution is 2.60. The van der Waals surface area contributed by atoms with Gasteiger partial charge in [-0.25, -0.2) is 9.78 Å². The molecule has 0 radical (unpaired) electrons. The second-order valence-electron chi connectivity index (χ2n) is 14.1. The molecule has 1 spiro atoms. The number of halogens is 1. The Balaban J connectivity index is 1.25. The molecule has 7 rings (SSSR count). The third kappa shape index (κ3) is 5.06. The van der Waals surface area contributed by atoms with Crippen molar-refractivity contribution in [1.82, 2.24) is 30.8 Å². The number of hydrogen-bond donors (Lipinski definition) is 4. The largest absolute Gasteiger partial charge is 0.380 e. The molecule has 0 bridgehead atoms. The Bertz CT molecular complexity index is 1660. The molecule has 4 fully saturated rings. The maximum atomic E-state index is 14.1. The average Bonchev–Trinajstić information content (AvgIpc) is 3.36. The van der Waals surface area contributed by atoms with Crippen molar-refractivity contribution in [2.24, 2.45) is 10.8 Å². The van der Waals surface area contributed by atoms with Gasteiger partial charge in [-0.05, 0) is 66.8 Å². The van der Waals surface area contributed by atoms with E-state index in [1.54, 1.807) is 14.1 Å². The number of amides is 4. The SMILES string of the molecule is CN(C)C(=O)N[C@H](c1nc2ccc(C3(C(=O)N[C@H]4C(=O)NCC45CCC5)CCOC3)cc2[nH]1)[C@H](c1ccccc1Cl)C1(C)CC1. The minimum absolute atomic E-state index is 0.0624. The lowest BCUT2D eigenvalue weighted by atomic mass is 9.65. The fourth-order valence-electron chi connectivity index (χ4n) is 7.67. The number of aromatic amines is 1. The van der Waals surface area contributed by atoms with E-state index in [-0.39, 0.29) is 41.2 Å². The second kappa shape index (κ2) is 11.0. The van der Waals surface area contributed by atoms with Gasteiger partial charge in [-0.2, -0.15) is 0 Å². The van der Waals surface area contributed by atoms with Crippen LogP contribution in [0.25, 0.3) is 11.0 Å². The molecule has 1 unspecified atom stereocenters. The van der Waals surface area contributed by atoms with Crippen LogP contribution in [0.15, 0.2) is 42.5 Å². The number of H-pyrrole nitrogens is 1. The summed E-state index contributed by atoms with van der Waals surface area (Å²) in [6, 6.07) is 12.4. The number of rotatable bonds is 8. The number of aromatic nitrogens is 2. The summed E-state index contributed by atoms with van der Waals surface area (Å²) < 4.78 is 5.83. The van der Waals surface area contributed by atoms with Crippen LogP contribution in [0.2, 0.25) is 5.02 Å². The lowest BCUT2D eigenvalue weighted by molar-refractivity contribution is -0.133. The van der Waals surface area contributed by atoms with Crippen LogP contribution in [-0.4, -0.2) is 72.6 Å². The Labute approximate surface area is 268 Å². The maximum absolute atomic E-state index is 14.1. The number of benzene rings is 2. The molecule has 2 saturated heterocycles. The highest BCUT2D eigenvalue weighted by Gasteiger charge is 2.55. The van der Waals surface area contributed by atoms with Gasteiger partial charge in [0.15, 0.2) is 0 Å². The summed E-state index contributed by atoms with van der Waals surface area (Å²) >= 11 is 6.77. The number of hydrogen-bond acceptors (Lipinski definition) is 5. The first kappa shape index (κ1) is 30.0. The molecular weight excluding hydrogens is 592 g/mol. The Morgan fingerprint density at radius 1 is 1.11 bits per heavy atom. The van der Waals surface area contributed by atoms with Crippen LogP contribution in [0.5, 0.6) is 0 Å². The standard InChI is InChI=1S/C34H41ClN6O4/c1-32(13-14-32)25(21-7-4-5-8-22(21)35)26(39-31(44)41(2)3)28-37-23-10-9-20(17-24(23)38-28)34(15-16-45-19-34)30(43)40-27-29(42)36-18-33(27)11-6-12-33/h4-5,7-10,17,25-27H,6,11-16,18-19H2,1-3H3,(H,36,42)(H,37,38)(H,39,44)(H,40,43)/t25-,26-,27-,34?/m0/s1. The van der Waals surface area contributed by atoms with Gasteiger partial charge in [-0.1, -0.05) is 49.2 Å². The zero-order chi connectivity index (χ0) is 31.6. The van der Waals surface area contributed by atoms with Crippen LogP contribution in [0, 0.1) is 10.8 Å². The molecule has 45 heavy (non-hydrogen) atoms. The summed E-state index contributed by atoms with van der Waals surface area (Å²) in [4.78, 5) is 50.0. The number of carbonyl (C=O) groups excluding carboxylic acids is 3. The summed E-state index contributed by atoms with van der Waals surface area (Å²) in [6.07, 6.45) is 5.48. The molecular formula is C34H41ClN6O4. The molecule has 2 aromatic carbocycles. The Hall–Kier alpha value is -3.63. The zero-order valence-electron chi connectivity index (χ0n) is 26.0. The second-order valence-corrected chi connectivity index (χ2v) is 14.5. The van der Waals surface area contributed by atoms with Gasteiger partial charge < -0.3 is 30.6 Å². The number of urea groups is 1. The van der Waals surface area contributed by atoms with E-state index in [0.29, 0.717) is 30.4 Å². The third-order valence-corrected chi connectivity index (χ3v) is 11.3. The number of imidazole rings is 1. The first-order chi connectivity index (χ1) is 21.6. The van der Waals surface area contributed by atoms with Gasteiger partial charge in [0.1, 0.15) is 11.9 Å². The summed E-state index contributed by atoms with van der Waals surface area (Å²) in [7, 11) is 3.44. The van der Waals surface area contributed by atoms with Gasteiger partial charge >= 0.3 is 6.03 Å². The van der Waals surface area contributed by atoms with E-state index in [1.807, 2.05) is 42.5 Å². The van der Waals surface area contributed by atoms with Crippen molar-refractivity contribution in [3.8, 4) is 0 Å². The number of nitrogens with one attached hydrogen (secondary N) is 4. The first-order valence-corrected chi connectivity index (χ1v) is 16.3. The smallest absolute Gasteiger partial charge is 0.317 e. The number of nitrogens with zero attached hydrogens (tertiary/aromatic N) is 2. The number of ether oxygens (including phenoxy) is 1. The highest BCUT2D eigenvalue weighted by atomic mass is 35.5. The number of carbonyl (C=O) groups is 3. The van der Waals surface area contributed by atoms with E-state index in [1.165, 1.54) is 4.90 Å². The van der Waals surface area contributed by atoms with Crippen molar-refractivity contribution >= 4 is 40.5 Å². The van der Waals surface area contributed by atoms with Crippen molar-refractivity contribution in [3.05, 3.63) is 64.4 Å². The van der Waals surface area contributed by atoms with Crippen LogP contribution in [0.3, 0.4) is 0 Å². The molecule has 4 atom stereocenters. The molecule has 4 amide bonds. The van der Waals surface area contributed by atoms with E-state index in [9.17, 15) is 14.4 Å². The fraction of sp³-hybridized carbons (Fsp3) is 0.529.